The molecule has 1 atom stereocenters. The van der Waals surface area contributed by atoms with Crippen LogP contribution >= 0.6 is 11.8 Å². The predicted octanol–water partition coefficient (Wildman–Crippen LogP) is 1.11. The van der Waals surface area contributed by atoms with Crippen LogP contribution in [-0.4, -0.2) is 34.0 Å². The lowest BCUT2D eigenvalue weighted by Gasteiger charge is -2.12. The molecule has 1 aromatic rings. The average molecular weight is 255 g/mol. The Morgan fingerprint density at radius 1 is 1.65 bits per heavy atom. The van der Waals surface area contributed by atoms with Crippen LogP contribution in [0.15, 0.2) is 12.1 Å². The Balaban J connectivity index is 2.64. The van der Waals surface area contributed by atoms with E-state index in [-0.39, 0.29) is 17.5 Å². The molecule has 0 spiro atoms. The van der Waals surface area contributed by atoms with Crippen molar-refractivity contribution in [2.24, 2.45) is 5.73 Å². The van der Waals surface area contributed by atoms with E-state index < -0.39 is 6.04 Å². The molecule has 6 heteroatoms. The molecule has 0 radical (unpaired) electrons. The lowest BCUT2D eigenvalue weighted by atomic mass is 10.2. The molecule has 0 unspecified atom stereocenters. The Morgan fingerprint density at radius 2 is 2.35 bits per heavy atom. The number of anilines is 1. The van der Waals surface area contributed by atoms with Gasteiger partial charge >= 0.3 is 0 Å². The van der Waals surface area contributed by atoms with Crippen molar-refractivity contribution in [3.8, 4) is 5.75 Å². The van der Waals surface area contributed by atoms with Crippen molar-refractivity contribution in [2.75, 3.05) is 17.3 Å². The standard InChI is InChI=1S/C11H17N3O2S/c1-7-3-4-9(15)10(13-7)14-11(16)8(12)5-6-17-2/h3-4,8,15H,5-6,12H2,1-2H3,(H,13,14,16)/t8-/m0/s1. The van der Waals surface area contributed by atoms with Gasteiger partial charge in [0.1, 0.15) is 0 Å². The highest BCUT2D eigenvalue weighted by atomic mass is 32.2. The van der Waals surface area contributed by atoms with E-state index >= 15 is 0 Å². The first kappa shape index (κ1) is 13.8. The summed E-state index contributed by atoms with van der Waals surface area (Å²) in [7, 11) is 0. The van der Waals surface area contributed by atoms with E-state index in [1.165, 1.54) is 6.07 Å². The molecular weight excluding hydrogens is 238 g/mol. The van der Waals surface area contributed by atoms with Crippen molar-refractivity contribution in [2.45, 2.75) is 19.4 Å². The summed E-state index contributed by atoms with van der Waals surface area (Å²) in [6.45, 7) is 1.78. The normalized spacial score (nSPS) is 12.2. The molecule has 0 aliphatic heterocycles. The number of pyridine rings is 1. The Morgan fingerprint density at radius 3 is 3.00 bits per heavy atom. The van der Waals surface area contributed by atoms with Gasteiger partial charge < -0.3 is 16.2 Å². The van der Waals surface area contributed by atoms with E-state index in [0.29, 0.717) is 6.42 Å². The van der Waals surface area contributed by atoms with Gasteiger partial charge in [0.05, 0.1) is 6.04 Å². The van der Waals surface area contributed by atoms with Crippen LogP contribution in [-0.2, 0) is 4.79 Å². The second kappa shape index (κ2) is 6.46. The Bertz CT molecular complexity index is 398. The summed E-state index contributed by atoms with van der Waals surface area (Å²) in [6, 6.07) is 2.58. The van der Waals surface area contributed by atoms with Crippen LogP contribution in [0.2, 0.25) is 0 Å². The highest BCUT2D eigenvalue weighted by Crippen LogP contribution is 2.20. The third-order valence-corrected chi connectivity index (χ3v) is 2.87. The molecular formula is C11H17N3O2S. The minimum absolute atomic E-state index is 0.0546. The summed E-state index contributed by atoms with van der Waals surface area (Å²) in [5.41, 5.74) is 6.42. The minimum Gasteiger partial charge on any atom is -0.504 e. The number of nitrogens with one attached hydrogen (secondary N) is 1. The van der Waals surface area contributed by atoms with Crippen molar-refractivity contribution in [3.05, 3.63) is 17.8 Å². The minimum atomic E-state index is -0.579. The number of aromatic nitrogens is 1. The molecule has 17 heavy (non-hydrogen) atoms. The van der Waals surface area contributed by atoms with E-state index in [1.807, 2.05) is 6.26 Å². The van der Waals surface area contributed by atoms with Crippen molar-refractivity contribution >= 4 is 23.5 Å². The van der Waals surface area contributed by atoms with E-state index in [4.69, 9.17) is 5.73 Å². The number of hydrogen-bond acceptors (Lipinski definition) is 5. The van der Waals surface area contributed by atoms with Gasteiger partial charge in [-0.05, 0) is 37.5 Å². The SMILES string of the molecule is CSCC[C@H](N)C(=O)Nc1nc(C)ccc1O. The zero-order valence-electron chi connectivity index (χ0n) is 9.93. The van der Waals surface area contributed by atoms with E-state index in [2.05, 4.69) is 10.3 Å². The van der Waals surface area contributed by atoms with Gasteiger partial charge in [0.15, 0.2) is 11.6 Å². The summed E-state index contributed by atoms with van der Waals surface area (Å²) in [4.78, 5) is 15.7. The molecule has 1 heterocycles. The number of thioether (sulfide) groups is 1. The molecule has 0 saturated heterocycles. The van der Waals surface area contributed by atoms with Crippen molar-refractivity contribution < 1.29 is 9.90 Å². The fourth-order valence-electron chi connectivity index (χ4n) is 1.23. The molecule has 4 N–H and O–H groups in total. The second-order valence-corrected chi connectivity index (χ2v) is 4.68. The van der Waals surface area contributed by atoms with Gasteiger partial charge in [0.2, 0.25) is 5.91 Å². The second-order valence-electron chi connectivity index (χ2n) is 3.70. The molecule has 1 amide bonds. The lowest BCUT2D eigenvalue weighted by molar-refractivity contribution is -0.117. The Hall–Kier alpha value is -1.27. The number of carbonyl (C=O) groups is 1. The fourth-order valence-corrected chi connectivity index (χ4v) is 1.72. The molecule has 1 rings (SSSR count). The maximum atomic E-state index is 11.7. The number of aryl methyl sites for hydroxylation is 1. The summed E-state index contributed by atoms with van der Waals surface area (Å²) < 4.78 is 0. The van der Waals surface area contributed by atoms with Gasteiger partial charge in [-0.2, -0.15) is 11.8 Å². The molecule has 1 aromatic heterocycles. The fraction of sp³-hybridized carbons (Fsp3) is 0.455. The summed E-state index contributed by atoms with van der Waals surface area (Å²) in [5.74, 6) is 0.602. The van der Waals surface area contributed by atoms with E-state index in [9.17, 15) is 9.90 Å². The number of carbonyl (C=O) groups excluding carboxylic acids is 1. The van der Waals surface area contributed by atoms with Crippen LogP contribution in [0.25, 0.3) is 0 Å². The molecule has 0 aliphatic carbocycles. The van der Waals surface area contributed by atoms with E-state index in [0.717, 1.165) is 11.4 Å². The molecule has 5 nitrogen and oxygen atoms in total. The number of amides is 1. The lowest BCUT2D eigenvalue weighted by Crippen LogP contribution is -2.36. The molecule has 0 aliphatic rings. The summed E-state index contributed by atoms with van der Waals surface area (Å²) in [6.07, 6.45) is 2.55. The molecule has 0 fully saturated rings. The monoisotopic (exact) mass is 255 g/mol. The summed E-state index contributed by atoms with van der Waals surface area (Å²) >= 11 is 1.63. The molecule has 0 saturated carbocycles. The number of nitrogens with zero attached hydrogens (tertiary/aromatic N) is 1. The summed E-state index contributed by atoms with van der Waals surface area (Å²) in [5, 5.41) is 12.0. The van der Waals surface area contributed by atoms with Crippen LogP contribution < -0.4 is 11.1 Å². The molecule has 0 bridgehead atoms. The first-order chi connectivity index (χ1) is 8.04. The third-order valence-electron chi connectivity index (χ3n) is 2.22. The maximum absolute atomic E-state index is 11.7. The number of aromatic hydroxyl groups is 1. The zero-order valence-corrected chi connectivity index (χ0v) is 10.8. The van der Waals surface area contributed by atoms with Crippen LogP contribution in [0, 0.1) is 6.92 Å². The third kappa shape index (κ3) is 4.24. The molecule has 0 aromatic carbocycles. The first-order valence-electron chi connectivity index (χ1n) is 5.26. The van der Waals surface area contributed by atoms with E-state index in [1.54, 1.807) is 24.8 Å². The number of nitrogens with two attached hydrogens (primary N) is 1. The van der Waals surface area contributed by atoms with Crippen molar-refractivity contribution in [1.29, 1.82) is 0 Å². The van der Waals surface area contributed by atoms with Crippen molar-refractivity contribution in [3.63, 3.8) is 0 Å². The van der Waals surface area contributed by atoms with Crippen LogP contribution in [0.4, 0.5) is 5.82 Å². The van der Waals surface area contributed by atoms with Crippen LogP contribution in [0.3, 0.4) is 0 Å². The van der Waals surface area contributed by atoms with Gasteiger partial charge in [0.25, 0.3) is 0 Å². The van der Waals surface area contributed by atoms with Crippen LogP contribution in [0.5, 0.6) is 5.75 Å². The van der Waals surface area contributed by atoms with Gasteiger partial charge in [-0.3, -0.25) is 4.79 Å². The average Bonchev–Trinajstić information content (AvgIpc) is 2.30. The maximum Gasteiger partial charge on any atom is 0.242 e. The highest BCUT2D eigenvalue weighted by molar-refractivity contribution is 7.98. The number of hydrogen-bond donors (Lipinski definition) is 3. The number of rotatable bonds is 5. The first-order valence-corrected chi connectivity index (χ1v) is 6.66. The Kier molecular flexibility index (Phi) is 5.24. The smallest absolute Gasteiger partial charge is 0.242 e. The Labute approximate surface area is 105 Å². The van der Waals surface area contributed by atoms with Gasteiger partial charge in [-0.15, -0.1) is 0 Å². The topological polar surface area (TPSA) is 88.2 Å². The van der Waals surface area contributed by atoms with Gasteiger partial charge in [-0.1, -0.05) is 0 Å². The van der Waals surface area contributed by atoms with Gasteiger partial charge in [0, 0.05) is 5.69 Å². The largest absolute Gasteiger partial charge is 0.504 e. The van der Waals surface area contributed by atoms with Crippen molar-refractivity contribution in [1.82, 2.24) is 4.98 Å². The quantitative estimate of drug-likeness (QED) is 0.733. The highest BCUT2D eigenvalue weighted by Gasteiger charge is 2.15. The van der Waals surface area contributed by atoms with Crippen LogP contribution in [0.1, 0.15) is 12.1 Å². The molecule has 94 valence electrons. The predicted molar refractivity (Wildman–Crippen MR) is 70.2 cm³/mol. The zero-order chi connectivity index (χ0) is 12.8. The van der Waals surface area contributed by atoms with Gasteiger partial charge in [-0.25, -0.2) is 4.98 Å².